The highest BCUT2D eigenvalue weighted by Crippen LogP contribution is 2.17. The lowest BCUT2D eigenvalue weighted by Gasteiger charge is -2.14. The number of rotatable bonds is 4. The summed E-state index contributed by atoms with van der Waals surface area (Å²) in [7, 11) is 0. The van der Waals surface area contributed by atoms with Gasteiger partial charge in [-0.2, -0.15) is 5.10 Å². The number of aryl methyl sites for hydroxylation is 2. The fourth-order valence-electron chi connectivity index (χ4n) is 2.58. The Morgan fingerprint density at radius 2 is 1.70 bits per heavy atom. The Morgan fingerprint density at radius 1 is 1.07 bits per heavy atom. The maximum atomic E-state index is 13.1. The van der Waals surface area contributed by atoms with Crippen LogP contribution in [0.25, 0.3) is 11.3 Å². The van der Waals surface area contributed by atoms with E-state index in [1.807, 2.05) is 0 Å². The molecule has 27 heavy (non-hydrogen) atoms. The Labute approximate surface area is 154 Å². The second-order valence-electron chi connectivity index (χ2n) is 6.15. The Balaban J connectivity index is 1.88. The van der Waals surface area contributed by atoms with Crippen molar-refractivity contribution in [2.24, 2.45) is 0 Å². The van der Waals surface area contributed by atoms with Crippen LogP contribution in [0, 0.1) is 19.7 Å². The summed E-state index contributed by atoms with van der Waals surface area (Å²) in [5, 5.41) is 6.86. The minimum atomic E-state index is -0.887. The van der Waals surface area contributed by atoms with E-state index in [-0.39, 0.29) is 11.8 Å². The van der Waals surface area contributed by atoms with Gasteiger partial charge in [0.25, 0.3) is 11.5 Å². The predicted octanol–water partition coefficient (Wildman–Crippen LogP) is 2.66. The molecule has 0 radical (unpaired) electrons. The summed E-state index contributed by atoms with van der Waals surface area (Å²) < 4.78 is 14.2. The van der Waals surface area contributed by atoms with Crippen molar-refractivity contribution in [2.45, 2.75) is 26.8 Å². The average Bonchev–Trinajstić information content (AvgIpc) is 2.61. The lowest BCUT2D eigenvalue weighted by Crippen LogP contribution is -2.33. The largest absolute Gasteiger partial charge is 0.293 e. The maximum Gasteiger partial charge on any atom is 0.267 e. The lowest BCUT2D eigenvalue weighted by atomic mass is 10.1. The van der Waals surface area contributed by atoms with Crippen LogP contribution in [0.4, 0.5) is 10.3 Å². The molecule has 0 saturated heterocycles. The normalized spacial score (nSPS) is 11.9. The van der Waals surface area contributed by atoms with Crippen LogP contribution in [0.1, 0.15) is 24.4 Å². The van der Waals surface area contributed by atoms with Crippen LogP contribution in [-0.4, -0.2) is 25.7 Å². The third kappa shape index (κ3) is 4.22. The molecule has 3 aromatic rings. The van der Waals surface area contributed by atoms with Gasteiger partial charge in [0.15, 0.2) is 0 Å². The summed E-state index contributed by atoms with van der Waals surface area (Å²) in [4.78, 5) is 33.1. The monoisotopic (exact) mass is 367 g/mol. The maximum absolute atomic E-state index is 13.1. The first-order valence-electron chi connectivity index (χ1n) is 8.32. The summed E-state index contributed by atoms with van der Waals surface area (Å²) in [6, 6.07) is 9.48. The summed E-state index contributed by atoms with van der Waals surface area (Å²) in [5.41, 5.74) is 2.11. The van der Waals surface area contributed by atoms with Gasteiger partial charge >= 0.3 is 0 Å². The van der Waals surface area contributed by atoms with Crippen LogP contribution in [0.3, 0.4) is 0 Å². The number of nitrogens with zero attached hydrogens (tertiary/aromatic N) is 4. The molecule has 0 bridgehead atoms. The molecule has 0 fully saturated rings. The standard InChI is InChI=1S/C19H18FN5O2/c1-11-10-12(2)22-19(21-11)23-18(27)13(3)25-17(26)9-8-16(24-25)14-4-6-15(20)7-5-14/h4-10,13H,1-3H3,(H,21,22,23,27). The average molecular weight is 367 g/mol. The van der Waals surface area contributed by atoms with Gasteiger partial charge in [0.05, 0.1) is 5.69 Å². The molecule has 1 unspecified atom stereocenters. The van der Waals surface area contributed by atoms with E-state index in [4.69, 9.17) is 0 Å². The van der Waals surface area contributed by atoms with Crippen molar-refractivity contribution < 1.29 is 9.18 Å². The van der Waals surface area contributed by atoms with E-state index < -0.39 is 17.5 Å². The first kappa shape index (κ1) is 18.4. The topological polar surface area (TPSA) is 89.8 Å². The quantitative estimate of drug-likeness (QED) is 0.766. The van der Waals surface area contributed by atoms with Crippen molar-refractivity contribution in [3.8, 4) is 11.3 Å². The van der Waals surface area contributed by atoms with Crippen LogP contribution in [0.15, 0.2) is 47.3 Å². The molecule has 1 atom stereocenters. The molecule has 2 aromatic heterocycles. The molecule has 7 nitrogen and oxygen atoms in total. The molecule has 1 N–H and O–H groups in total. The molecule has 8 heteroatoms. The number of halogens is 1. The highest BCUT2D eigenvalue weighted by molar-refractivity contribution is 5.91. The van der Waals surface area contributed by atoms with E-state index in [2.05, 4.69) is 20.4 Å². The lowest BCUT2D eigenvalue weighted by molar-refractivity contribution is -0.119. The van der Waals surface area contributed by atoms with Gasteiger partial charge < -0.3 is 0 Å². The van der Waals surface area contributed by atoms with Crippen LogP contribution < -0.4 is 10.9 Å². The molecule has 0 spiro atoms. The number of aromatic nitrogens is 4. The van der Waals surface area contributed by atoms with Crippen LogP contribution in [0.5, 0.6) is 0 Å². The van der Waals surface area contributed by atoms with Gasteiger partial charge in [-0.05, 0) is 57.2 Å². The number of carbonyl (C=O) groups excluding carboxylic acids is 1. The molecule has 3 rings (SSSR count). The van der Waals surface area contributed by atoms with E-state index in [0.717, 1.165) is 16.1 Å². The summed E-state index contributed by atoms with van der Waals surface area (Å²) in [6.07, 6.45) is 0. The molecular weight excluding hydrogens is 349 g/mol. The Morgan fingerprint density at radius 3 is 2.33 bits per heavy atom. The van der Waals surface area contributed by atoms with Gasteiger partial charge in [0, 0.05) is 23.0 Å². The number of benzene rings is 1. The number of amides is 1. The van der Waals surface area contributed by atoms with E-state index in [1.165, 1.54) is 24.3 Å². The van der Waals surface area contributed by atoms with Crippen LogP contribution in [-0.2, 0) is 4.79 Å². The van der Waals surface area contributed by atoms with Gasteiger partial charge in [-0.3, -0.25) is 14.9 Å². The van der Waals surface area contributed by atoms with Crippen molar-refractivity contribution in [1.82, 2.24) is 19.7 Å². The molecule has 2 heterocycles. The van der Waals surface area contributed by atoms with Gasteiger partial charge in [0.2, 0.25) is 5.95 Å². The molecular formula is C19H18FN5O2. The van der Waals surface area contributed by atoms with Crippen LogP contribution >= 0.6 is 0 Å². The fraction of sp³-hybridized carbons (Fsp3) is 0.211. The van der Waals surface area contributed by atoms with Gasteiger partial charge in [0.1, 0.15) is 11.9 Å². The number of anilines is 1. The zero-order chi connectivity index (χ0) is 19.6. The van der Waals surface area contributed by atoms with E-state index in [0.29, 0.717) is 11.3 Å². The van der Waals surface area contributed by atoms with Gasteiger partial charge in [-0.1, -0.05) is 0 Å². The van der Waals surface area contributed by atoms with Crippen molar-refractivity contribution in [3.05, 3.63) is 70.0 Å². The van der Waals surface area contributed by atoms with Crippen molar-refractivity contribution in [2.75, 3.05) is 5.32 Å². The first-order chi connectivity index (χ1) is 12.8. The number of hydrogen-bond donors (Lipinski definition) is 1. The number of hydrogen-bond acceptors (Lipinski definition) is 5. The van der Waals surface area contributed by atoms with Crippen molar-refractivity contribution >= 4 is 11.9 Å². The number of carbonyl (C=O) groups is 1. The van der Waals surface area contributed by atoms with Gasteiger partial charge in [-0.25, -0.2) is 19.0 Å². The van der Waals surface area contributed by atoms with Crippen LogP contribution in [0.2, 0.25) is 0 Å². The third-order valence-electron chi connectivity index (χ3n) is 3.93. The highest BCUT2D eigenvalue weighted by Gasteiger charge is 2.19. The molecule has 0 aliphatic rings. The van der Waals surface area contributed by atoms with E-state index in [1.54, 1.807) is 39.0 Å². The van der Waals surface area contributed by atoms with E-state index in [9.17, 15) is 14.0 Å². The zero-order valence-corrected chi connectivity index (χ0v) is 15.1. The third-order valence-corrected chi connectivity index (χ3v) is 3.93. The highest BCUT2D eigenvalue weighted by atomic mass is 19.1. The summed E-state index contributed by atoms with van der Waals surface area (Å²) in [5.74, 6) is -0.661. The molecule has 0 aliphatic carbocycles. The molecule has 1 amide bonds. The fourth-order valence-corrected chi connectivity index (χ4v) is 2.58. The molecule has 0 saturated carbocycles. The van der Waals surface area contributed by atoms with E-state index >= 15 is 0 Å². The smallest absolute Gasteiger partial charge is 0.267 e. The summed E-state index contributed by atoms with van der Waals surface area (Å²) in [6.45, 7) is 5.15. The second-order valence-corrected chi connectivity index (χ2v) is 6.15. The Kier molecular flexibility index (Phi) is 5.07. The summed E-state index contributed by atoms with van der Waals surface area (Å²) >= 11 is 0. The number of nitrogens with one attached hydrogen (secondary N) is 1. The minimum Gasteiger partial charge on any atom is -0.293 e. The SMILES string of the molecule is Cc1cc(C)nc(NC(=O)C(C)n2nc(-c3ccc(F)cc3)ccc2=O)n1. The molecule has 0 aliphatic heterocycles. The Hall–Kier alpha value is -3.42. The second kappa shape index (κ2) is 7.45. The Bertz CT molecular complexity index is 1030. The molecule has 1 aromatic carbocycles. The van der Waals surface area contributed by atoms with Gasteiger partial charge in [-0.15, -0.1) is 0 Å². The van der Waals surface area contributed by atoms with Crippen molar-refractivity contribution in [3.63, 3.8) is 0 Å². The predicted molar refractivity (Wildman–Crippen MR) is 98.7 cm³/mol. The minimum absolute atomic E-state index is 0.173. The zero-order valence-electron chi connectivity index (χ0n) is 15.1. The first-order valence-corrected chi connectivity index (χ1v) is 8.32. The van der Waals surface area contributed by atoms with Crippen molar-refractivity contribution in [1.29, 1.82) is 0 Å². The molecule has 138 valence electrons.